The summed E-state index contributed by atoms with van der Waals surface area (Å²) in [6.07, 6.45) is 5.38. The summed E-state index contributed by atoms with van der Waals surface area (Å²) in [4.78, 5) is 11.9. The van der Waals surface area contributed by atoms with Gasteiger partial charge in [0, 0.05) is 6.42 Å². The Balaban J connectivity index is 1.81. The summed E-state index contributed by atoms with van der Waals surface area (Å²) in [6.45, 7) is 5.42. The van der Waals surface area contributed by atoms with E-state index in [2.05, 4.69) is 6.07 Å². The number of carbonyl (C=O) groups is 1. The van der Waals surface area contributed by atoms with E-state index in [0.29, 0.717) is 12.3 Å². The minimum atomic E-state index is -0.607. The molecule has 2 aliphatic rings. The monoisotopic (exact) mass is 249 g/mol. The van der Waals surface area contributed by atoms with Crippen molar-refractivity contribution >= 4 is 5.97 Å². The first kappa shape index (κ1) is 13.4. The third-order valence-electron chi connectivity index (χ3n) is 4.93. The predicted octanol–water partition coefficient (Wildman–Crippen LogP) is 3.29. The highest BCUT2D eigenvalue weighted by molar-refractivity contribution is 5.70. The van der Waals surface area contributed by atoms with Gasteiger partial charge >= 0.3 is 5.97 Å². The predicted molar refractivity (Wildman–Crippen MR) is 68.5 cm³/mol. The Bertz CT molecular complexity index is 369. The molecule has 0 aromatic rings. The molecule has 2 fully saturated rings. The van der Waals surface area contributed by atoms with Gasteiger partial charge < -0.3 is 4.74 Å². The fraction of sp³-hybridized carbons (Fsp3) is 0.867. The topological polar surface area (TPSA) is 50.1 Å². The molecular weight excluding hydrogens is 226 g/mol. The second kappa shape index (κ2) is 4.91. The maximum absolute atomic E-state index is 11.9. The van der Waals surface area contributed by atoms with E-state index in [9.17, 15) is 4.79 Å². The molecule has 0 radical (unpaired) electrons. The Kier molecular flexibility index (Phi) is 3.66. The van der Waals surface area contributed by atoms with Crippen molar-refractivity contribution in [2.24, 2.45) is 23.2 Å². The van der Waals surface area contributed by atoms with E-state index in [4.69, 9.17) is 10.00 Å². The molecule has 0 amide bonds. The van der Waals surface area contributed by atoms with Crippen LogP contribution in [0.4, 0.5) is 0 Å². The molecule has 18 heavy (non-hydrogen) atoms. The molecule has 100 valence electrons. The van der Waals surface area contributed by atoms with Crippen LogP contribution in [0.1, 0.15) is 52.9 Å². The van der Waals surface area contributed by atoms with E-state index < -0.39 is 5.41 Å². The summed E-state index contributed by atoms with van der Waals surface area (Å²) in [7, 11) is 0. The van der Waals surface area contributed by atoms with Gasteiger partial charge in [0.05, 0.1) is 11.5 Å². The van der Waals surface area contributed by atoms with Crippen molar-refractivity contribution in [3.8, 4) is 6.07 Å². The molecule has 0 unspecified atom stereocenters. The van der Waals surface area contributed by atoms with Gasteiger partial charge in [0.15, 0.2) is 0 Å². The lowest BCUT2D eigenvalue weighted by molar-refractivity contribution is -0.153. The third-order valence-corrected chi connectivity index (χ3v) is 4.93. The van der Waals surface area contributed by atoms with Crippen molar-refractivity contribution in [3.63, 3.8) is 0 Å². The minimum Gasteiger partial charge on any atom is -0.461 e. The van der Waals surface area contributed by atoms with E-state index in [1.165, 1.54) is 25.7 Å². The standard InChI is InChI=1S/C15H23NO2/c1-10(15(2,3)9-16)18-14(17)8-13-7-11-4-5-12(13)6-11/h10-13H,4-8H2,1-3H3/t10-,11-,12-,13-/m0/s1. The molecule has 0 aromatic carbocycles. The van der Waals surface area contributed by atoms with Crippen LogP contribution in [0.15, 0.2) is 0 Å². The van der Waals surface area contributed by atoms with Gasteiger partial charge in [-0.1, -0.05) is 6.42 Å². The first-order chi connectivity index (χ1) is 8.42. The summed E-state index contributed by atoms with van der Waals surface area (Å²) in [5, 5.41) is 9.01. The lowest BCUT2D eigenvalue weighted by atomic mass is 9.86. The van der Waals surface area contributed by atoms with Crippen molar-refractivity contribution in [2.45, 2.75) is 59.0 Å². The molecule has 0 heterocycles. The third kappa shape index (κ3) is 2.68. The Hall–Kier alpha value is -1.04. The van der Waals surface area contributed by atoms with Crippen molar-refractivity contribution in [1.29, 1.82) is 5.26 Å². The Morgan fingerprint density at radius 1 is 1.44 bits per heavy atom. The molecule has 0 N–H and O–H groups in total. The van der Waals surface area contributed by atoms with Crippen LogP contribution in [-0.4, -0.2) is 12.1 Å². The van der Waals surface area contributed by atoms with Gasteiger partial charge in [-0.3, -0.25) is 4.79 Å². The average Bonchev–Trinajstić information content (AvgIpc) is 2.90. The summed E-state index contributed by atoms with van der Waals surface area (Å²) < 4.78 is 5.41. The van der Waals surface area contributed by atoms with Gasteiger partial charge in [-0.05, 0) is 57.8 Å². The van der Waals surface area contributed by atoms with E-state index in [0.717, 1.165) is 11.8 Å². The zero-order chi connectivity index (χ0) is 13.3. The lowest BCUT2D eigenvalue weighted by Crippen LogP contribution is -2.31. The molecular formula is C15H23NO2. The SMILES string of the molecule is C[C@H](OC(=O)C[C@@H]1C[C@H]2CC[C@H]1C2)C(C)(C)C#N. The highest BCUT2D eigenvalue weighted by Crippen LogP contribution is 2.49. The molecule has 2 rings (SSSR count). The lowest BCUT2D eigenvalue weighted by Gasteiger charge is -2.26. The molecule has 2 aliphatic carbocycles. The van der Waals surface area contributed by atoms with Crippen molar-refractivity contribution in [1.82, 2.24) is 0 Å². The van der Waals surface area contributed by atoms with E-state index in [-0.39, 0.29) is 12.1 Å². The quantitative estimate of drug-likeness (QED) is 0.718. The molecule has 0 saturated heterocycles. The Morgan fingerprint density at radius 2 is 2.17 bits per heavy atom. The zero-order valence-electron chi connectivity index (χ0n) is 11.6. The van der Waals surface area contributed by atoms with Crippen LogP contribution >= 0.6 is 0 Å². The number of ether oxygens (including phenoxy) is 1. The highest BCUT2D eigenvalue weighted by atomic mass is 16.5. The number of nitrogens with zero attached hydrogens (tertiary/aromatic N) is 1. The van der Waals surface area contributed by atoms with Crippen LogP contribution in [0.5, 0.6) is 0 Å². The maximum Gasteiger partial charge on any atom is 0.306 e. The van der Waals surface area contributed by atoms with Crippen LogP contribution in [0.3, 0.4) is 0 Å². The van der Waals surface area contributed by atoms with Crippen LogP contribution in [-0.2, 0) is 9.53 Å². The van der Waals surface area contributed by atoms with Crippen molar-refractivity contribution < 1.29 is 9.53 Å². The fourth-order valence-corrected chi connectivity index (χ4v) is 3.32. The van der Waals surface area contributed by atoms with Gasteiger partial charge in [0.2, 0.25) is 0 Å². The first-order valence-electron chi connectivity index (χ1n) is 7.03. The van der Waals surface area contributed by atoms with Gasteiger partial charge in [-0.2, -0.15) is 5.26 Å². The molecule has 2 saturated carbocycles. The van der Waals surface area contributed by atoms with Gasteiger partial charge in [-0.15, -0.1) is 0 Å². The number of hydrogen-bond donors (Lipinski definition) is 0. The van der Waals surface area contributed by atoms with Crippen molar-refractivity contribution in [2.75, 3.05) is 0 Å². The minimum absolute atomic E-state index is 0.122. The van der Waals surface area contributed by atoms with Crippen molar-refractivity contribution in [3.05, 3.63) is 0 Å². The number of fused-ring (bicyclic) bond motifs is 2. The first-order valence-corrected chi connectivity index (χ1v) is 7.03. The Morgan fingerprint density at radius 3 is 2.67 bits per heavy atom. The molecule has 0 spiro atoms. The van der Waals surface area contributed by atoms with Crippen LogP contribution in [0.2, 0.25) is 0 Å². The van der Waals surface area contributed by atoms with Gasteiger partial charge in [0.25, 0.3) is 0 Å². The fourth-order valence-electron chi connectivity index (χ4n) is 3.32. The number of nitriles is 1. The van der Waals surface area contributed by atoms with E-state index in [1.807, 2.05) is 20.8 Å². The molecule has 0 aliphatic heterocycles. The van der Waals surface area contributed by atoms with Crippen LogP contribution in [0.25, 0.3) is 0 Å². The van der Waals surface area contributed by atoms with E-state index in [1.54, 1.807) is 0 Å². The number of esters is 1. The summed E-state index contributed by atoms with van der Waals surface area (Å²) >= 11 is 0. The largest absolute Gasteiger partial charge is 0.461 e. The average molecular weight is 249 g/mol. The zero-order valence-corrected chi connectivity index (χ0v) is 11.6. The summed E-state index contributed by atoms with van der Waals surface area (Å²) in [5.41, 5.74) is -0.607. The number of rotatable bonds is 4. The molecule has 3 nitrogen and oxygen atoms in total. The molecule has 0 aromatic heterocycles. The molecule has 3 heteroatoms. The van der Waals surface area contributed by atoms with E-state index >= 15 is 0 Å². The molecule has 4 atom stereocenters. The second-order valence-electron chi connectivity index (χ2n) is 6.60. The smallest absolute Gasteiger partial charge is 0.306 e. The van der Waals surface area contributed by atoms with Gasteiger partial charge in [0.1, 0.15) is 6.10 Å². The normalized spacial score (nSPS) is 32.0. The summed E-state index contributed by atoms with van der Waals surface area (Å²) in [6, 6.07) is 2.19. The molecule has 2 bridgehead atoms. The highest BCUT2D eigenvalue weighted by Gasteiger charge is 2.41. The Labute approximate surface area is 110 Å². The van der Waals surface area contributed by atoms with Crippen LogP contribution < -0.4 is 0 Å². The maximum atomic E-state index is 11.9. The van der Waals surface area contributed by atoms with Crippen LogP contribution in [0, 0.1) is 34.5 Å². The van der Waals surface area contributed by atoms with Gasteiger partial charge in [-0.25, -0.2) is 0 Å². The second-order valence-corrected chi connectivity index (χ2v) is 6.60. The number of hydrogen-bond acceptors (Lipinski definition) is 3. The summed E-state index contributed by atoms with van der Waals surface area (Å²) in [5.74, 6) is 2.03. The number of carbonyl (C=O) groups excluding carboxylic acids is 1.